The highest BCUT2D eigenvalue weighted by Crippen LogP contribution is 2.21. The van der Waals surface area contributed by atoms with E-state index >= 15 is 0 Å². The van der Waals surface area contributed by atoms with Crippen LogP contribution in [0.3, 0.4) is 0 Å². The number of nitrogens with zero attached hydrogens (tertiary/aromatic N) is 2. The molecule has 1 atom stereocenters. The number of pyridine rings is 1. The average molecular weight is 498 g/mol. The van der Waals surface area contributed by atoms with Crippen LogP contribution >= 0.6 is 0 Å². The molecule has 0 radical (unpaired) electrons. The SMILES string of the molecule is O=C(NCCCCCC(OCCN1CCOCC1)S(=O)(=O)NC1CCC1)NCc1cccnc1. The third-order valence-electron chi connectivity index (χ3n) is 6.18. The van der Waals surface area contributed by atoms with Crippen LogP contribution in [0.5, 0.6) is 0 Å². The van der Waals surface area contributed by atoms with Crippen molar-refractivity contribution in [3.63, 3.8) is 0 Å². The lowest BCUT2D eigenvalue weighted by atomic mass is 9.94. The number of sulfonamides is 1. The lowest BCUT2D eigenvalue weighted by molar-refractivity contribution is 0.0144. The van der Waals surface area contributed by atoms with Crippen molar-refractivity contribution in [3.8, 4) is 0 Å². The molecule has 1 aliphatic heterocycles. The molecule has 2 amide bonds. The lowest BCUT2D eigenvalue weighted by Gasteiger charge is -2.30. The van der Waals surface area contributed by atoms with Crippen molar-refractivity contribution in [3.05, 3.63) is 30.1 Å². The summed E-state index contributed by atoms with van der Waals surface area (Å²) >= 11 is 0. The van der Waals surface area contributed by atoms with Crippen LogP contribution < -0.4 is 15.4 Å². The number of carbonyl (C=O) groups excluding carboxylic acids is 1. The van der Waals surface area contributed by atoms with Gasteiger partial charge in [0.05, 0.1) is 19.8 Å². The number of aromatic nitrogens is 1. The Bertz CT molecular complexity index is 816. The van der Waals surface area contributed by atoms with Gasteiger partial charge in [0.15, 0.2) is 5.44 Å². The van der Waals surface area contributed by atoms with Crippen LogP contribution in [0.2, 0.25) is 0 Å². The number of rotatable bonds is 15. The Morgan fingerprint density at radius 1 is 1.21 bits per heavy atom. The normalized spacial score (nSPS) is 18.2. The van der Waals surface area contributed by atoms with Crippen LogP contribution in [0.1, 0.15) is 50.5 Å². The summed E-state index contributed by atoms with van der Waals surface area (Å²) in [5.41, 5.74) is 0.0962. The van der Waals surface area contributed by atoms with Gasteiger partial charge in [-0.1, -0.05) is 18.9 Å². The number of morpholine rings is 1. The number of carbonyl (C=O) groups is 1. The molecule has 34 heavy (non-hydrogen) atoms. The molecule has 0 spiro atoms. The van der Waals surface area contributed by atoms with Gasteiger partial charge in [-0.15, -0.1) is 0 Å². The third kappa shape index (κ3) is 9.83. The highest BCUT2D eigenvalue weighted by molar-refractivity contribution is 7.90. The molecular weight excluding hydrogens is 458 g/mol. The van der Waals surface area contributed by atoms with Crippen LogP contribution in [0.15, 0.2) is 24.5 Å². The van der Waals surface area contributed by atoms with E-state index in [1.807, 2.05) is 12.1 Å². The van der Waals surface area contributed by atoms with Crippen molar-refractivity contribution in [2.75, 3.05) is 46.0 Å². The highest BCUT2D eigenvalue weighted by Gasteiger charge is 2.31. The quantitative estimate of drug-likeness (QED) is 0.315. The fourth-order valence-electron chi connectivity index (χ4n) is 3.86. The first-order valence-corrected chi connectivity index (χ1v) is 13.9. The minimum absolute atomic E-state index is 0.0460. The van der Waals surface area contributed by atoms with Gasteiger partial charge in [-0.05, 0) is 43.7 Å². The van der Waals surface area contributed by atoms with Gasteiger partial charge in [0.1, 0.15) is 0 Å². The molecule has 192 valence electrons. The molecule has 2 fully saturated rings. The minimum Gasteiger partial charge on any atom is -0.379 e. The van der Waals surface area contributed by atoms with E-state index in [1.54, 1.807) is 12.4 Å². The smallest absolute Gasteiger partial charge is 0.315 e. The number of ether oxygens (including phenoxy) is 2. The zero-order valence-corrected chi connectivity index (χ0v) is 20.7. The van der Waals surface area contributed by atoms with E-state index in [4.69, 9.17) is 9.47 Å². The number of amides is 2. The predicted octanol–water partition coefficient (Wildman–Crippen LogP) is 1.59. The van der Waals surface area contributed by atoms with Crippen molar-refractivity contribution in [1.82, 2.24) is 25.2 Å². The van der Waals surface area contributed by atoms with Crippen molar-refractivity contribution in [2.45, 2.75) is 63.0 Å². The molecule has 3 rings (SSSR count). The Balaban J connectivity index is 1.32. The second kappa shape index (κ2) is 14.6. The first-order valence-electron chi connectivity index (χ1n) is 12.4. The Morgan fingerprint density at radius 2 is 2.03 bits per heavy atom. The minimum atomic E-state index is -3.53. The van der Waals surface area contributed by atoms with Gasteiger partial charge in [-0.25, -0.2) is 17.9 Å². The van der Waals surface area contributed by atoms with E-state index < -0.39 is 15.5 Å². The maximum atomic E-state index is 12.9. The second-order valence-electron chi connectivity index (χ2n) is 8.87. The summed E-state index contributed by atoms with van der Waals surface area (Å²) in [6, 6.07) is 3.56. The summed E-state index contributed by atoms with van der Waals surface area (Å²) < 4.78 is 39.8. The molecule has 11 heteroatoms. The molecule has 10 nitrogen and oxygen atoms in total. The van der Waals surface area contributed by atoms with Gasteiger partial charge in [0, 0.05) is 51.2 Å². The Hall–Kier alpha value is -1.79. The van der Waals surface area contributed by atoms with E-state index in [0.29, 0.717) is 52.3 Å². The van der Waals surface area contributed by atoms with Crippen LogP contribution in [-0.2, 0) is 26.0 Å². The Kier molecular flexibility index (Phi) is 11.5. The van der Waals surface area contributed by atoms with Crippen molar-refractivity contribution in [2.24, 2.45) is 0 Å². The molecule has 1 saturated carbocycles. The monoisotopic (exact) mass is 497 g/mol. The molecule has 1 aliphatic carbocycles. The molecule has 2 aliphatic rings. The number of urea groups is 1. The fraction of sp³-hybridized carbons (Fsp3) is 0.739. The first-order chi connectivity index (χ1) is 16.5. The summed E-state index contributed by atoms with van der Waals surface area (Å²) in [5.74, 6) is 0. The standard InChI is InChI=1S/C23H39N5O5S/c29-23(26-19-20-6-5-10-24-18-20)25-11-3-1-2-9-22(34(30,31)27-21-7-4-8-21)33-17-14-28-12-15-32-16-13-28/h5-6,10,18,21-22,27H,1-4,7-9,11-17,19H2,(H2,25,26,29). The van der Waals surface area contributed by atoms with E-state index in [0.717, 1.165) is 50.8 Å². The zero-order chi connectivity index (χ0) is 24.1. The van der Waals surface area contributed by atoms with Crippen LogP contribution in [0, 0.1) is 0 Å². The van der Waals surface area contributed by atoms with Crippen LogP contribution in [0.4, 0.5) is 4.79 Å². The molecule has 2 heterocycles. The largest absolute Gasteiger partial charge is 0.379 e. The molecule has 1 aromatic rings. The van der Waals surface area contributed by atoms with Gasteiger partial charge < -0.3 is 20.1 Å². The van der Waals surface area contributed by atoms with Gasteiger partial charge in [0.25, 0.3) is 0 Å². The maximum absolute atomic E-state index is 12.9. The number of nitrogens with one attached hydrogen (secondary N) is 3. The molecule has 1 saturated heterocycles. The van der Waals surface area contributed by atoms with Gasteiger partial charge in [-0.2, -0.15) is 0 Å². The summed E-state index contributed by atoms with van der Waals surface area (Å²) in [5, 5.41) is 5.63. The number of unbranched alkanes of at least 4 members (excludes halogenated alkanes) is 2. The van der Waals surface area contributed by atoms with E-state index in [9.17, 15) is 13.2 Å². The van der Waals surface area contributed by atoms with Gasteiger partial charge in [-0.3, -0.25) is 9.88 Å². The second-order valence-corrected chi connectivity index (χ2v) is 10.7. The molecule has 1 unspecified atom stereocenters. The number of hydrogen-bond donors (Lipinski definition) is 3. The number of hydrogen-bond acceptors (Lipinski definition) is 7. The molecule has 1 aromatic heterocycles. The lowest BCUT2D eigenvalue weighted by Crippen LogP contribution is -2.46. The molecular formula is C23H39N5O5S. The van der Waals surface area contributed by atoms with Crippen LogP contribution in [-0.4, -0.2) is 81.8 Å². The van der Waals surface area contributed by atoms with Crippen molar-refractivity contribution >= 4 is 16.1 Å². The summed E-state index contributed by atoms with van der Waals surface area (Å²) in [7, 11) is -3.53. The maximum Gasteiger partial charge on any atom is 0.315 e. The molecule has 0 aromatic carbocycles. The molecule has 3 N–H and O–H groups in total. The summed E-state index contributed by atoms with van der Waals surface area (Å²) in [4.78, 5) is 18.2. The third-order valence-corrected chi connectivity index (χ3v) is 7.90. The predicted molar refractivity (Wildman–Crippen MR) is 130 cm³/mol. The van der Waals surface area contributed by atoms with Crippen LogP contribution in [0.25, 0.3) is 0 Å². The zero-order valence-electron chi connectivity index (χ0n) is 19.9. The van der Waals surface area contributed by atoms with Gasteiger partial charge >= 0.3 is 6.03 Å². The van der Waals surface area contributed by atoms with E-state index in [1.165, 1.54) is 0 Å². The van der Waals surface area contributed by atoms with Crippen molar-refractivity contribution < 1.29 is 22.7 Å². The van der Waals surface area contributed by atoms with E-state index in [-0.39, 0.29) is 12.1 Å². The topological polar surface area (TPSA) is 122 Å². The first kappa shape index (κ1) is 26.8. The summed E-state index contributed by atoms with van der Waals surface area (Å²) in [6.07, 6.45) is 9.01. The summed E-state index contributed by atoms with van der Waals surface area (Å²) in [6.45, 7) is 5.17. The van der Waals surface area contributed by atoms with Gasteiger partial charge in [0.2, 0.25) is 10.0 Å². The fourth-order valence-corrected chi connectivity index (χ4v) is 5.47. The van der Waals surface area contributed by atoms with Crippen molar-refractivity contribution in [1.29, 1.82) is 0 Å². The van der Waals surface area contributed by atoms with E-state index in [2.05, 4.69) is 25.2 Å². The Labute approximate surface area is 203 Å². The molecule has 0 bridgehead atoms. The Morgan fingerprint density at radius 3 is 2.74 bits per heavy atom. The highest BCUT2D eigenvalue weighted by atomic mass is 32.2. The average Bonchev–Trinajstić information content (AvgIpc) is 2.82.